The molecule has 2 N–H and O–H groups in total. The Morgan fingerprint density at radius 2 is 2.04 bits per heavy atom. The number of benzene rings is 1. The van der Waals surface area contributed by atoms with E-state index in [1.54, 1.807) is 11.3 Å². The minimum atomic E-state index is -0.992. The lowest BCUT2D eigenvalue weighted by molar-refractivity contribution is -0.384. The van der Waals surface area contributed by atoms with E-state index < -0.39 is 29.4 Å². The Morgan fingerprint density at radius 3 is 2.68 bits per heavy atom. The van der Waals surface area contributed by atoms with Crippen LogP contribution in [-0.4, -0.2) is 43.1 Å². The molecule has 0 bridgehead atoms. The first-order valence-electron chi connectivity index (χ1n) is 8.00. The summed E-state index contributed by atoms with van der Waals surface area (Å²) < 4.78 is 9.76. The van der Waals surface area contributed by atoms with Gasteiger partial charge in [0.1, 0.15) is 11.3 Å². The molecule has 2 rings (SSSR count). The standard InChI is InChI=1S/C17H17N3O7S/c1-26-14-5-4-11(20(24)25)9-13(14)16(22)27-10-15(21)19-17(23)18-7-6-12-3-2-8-28-12/h2-5,8-9H,6-7,10H2,1H3,(H2,18,19,21,23). The Morgan fingerprint density at radius 1 is 1.25 bits per heavy atom. The first kappa shape index (κ1) is 20.8. The maximum atomic E-state index is 12.1. The van der Waals surface area contributed by atoms with Crippen molar-refractivity contribution in [2.45, 2.75) is 6.42 Å². The molecule has 148 valence electrons. The van der Waals surface area contributed by atoms with E-state index in [0.717, 1.165) is 10.9 Å². The van der Waals surface area contributed by atoms with Gasteiger partial charge in [0.2, 0.25) is 0 Å². The fraction of sp³-hybridized carbons (Fsp3) is 0.235. The molecule has 3 amide bonds. The van der Waals surface area contributed by atoms with E-state index in [-0.39, 0.29) is 17.0 Å². The molecular weight excluding hydrogens is 390 g/mol. The number of nitro groups is 1. The molecule has 0 unspecified atom stereocenters. The highest BCUT2D eigenvalue weighted by Crippen LogP contribution is 2.24. The molecule has 1 aromatic carbocycles. The zero-order valence-electron chi connectivity index (χ0n) is 14.8. The van der Waals surface area contributed by atoms with Gasteiger partial charge in [0, 0.05) is 23.6 Å². The Bertz CT molecular complexity index is 868. The molecule has 11 heteroatoms. The second-order valence-corrected chi connectivity index (χ2v) is 6.38. The number of nitro benzene ring substituents is 1. The number of ether oxygens (including phenoxy) is 2. The number of non-ortho nitro benzene ring substituents is 1. The molecule has 0 atom stereocenters. The molecule has 0 radical (unpaired) electrons. The van der Waals surface area contributed by atoms with Crippen LogP contribution in [0.3, 0.4) is 0 Å². The Kier molecular flexibility index (Phi) is 7.45. The van der Waals surface area contributed by atoms with Gasteiger partial charge < -0.3 is 14.8 Å². The predicted octanol–water partition coefficient (Wildman–Crippen LogP) is 1.89. The van der Waals surface area contributed by atoms with Crippen molar-refractivity contribution in [3.63, 3.8) is 0 Å². The quantitative estimate of drug-likeness (QED) is 0.387. The van der Waals surface area contributed by atoms with Gasteiger partial charge in [0.15, 0.2) is 6.61 Å². The lowest BCUT2D eigenvalue weighted by atomic mass is 10.2. The van der Waals surface area contributed by atoms with Crippen molar-refractivity contribution in [1.82, 2.24) is 10.6 Å². The van der Waals surface area contributed by atoms with Crippen LogP contribution < -0.4 is 15.4 Å². The van der Waals surface area contributed by atoms with Gasteiger partial charge in [-0.3, -0.25) is 20.2 Å². The largest absolute Gasteiger partial charge is 0.496 e. The highest BCUT2D eigenvalue weighted by Gasteiger charge is 2.20. The van der Waals surface area contributed by atoms with E-state index in [1.807, 2.05) is 22.8 Å². The molecule has 0 saturated carbocycles. The Balaban J connectivity index is 1.81. The Labute approximate surface area is 163 Å². The van der Waals surface area contributed by atoms with Crippen molar-refractivity contribution in [2.24, 2.45) is 0 Å². The van der Waals surface area contributed by atoms with Crippen molar-refractivity contribution >= 4 is 34.9 Å². The van der Waals surface area contributed by atoms with Gasteiger partial charge in [-0.05, 0) is 23.9 Å². The number of amides is 3. The first-order valence-corrected chi connectivity index (χ1v) is 8.88. The summed E-state index contributed by atoms with van der Waals surface area (Å²) in [5.74, 6) is -1.78. The topological polar surface area (TPSA) is 137 Å². The molecular formula is C17H17N3O7S. The summed E-state index contributed by atoms with van der Waals surface area (Å²) in [6, 6.07) is 6.51. The molecule has 10 nitrogen and oxygen atoms in total. The first-order chi connectivity index (χ1) is 13.4. The molecule has 0 aliphatic rings. The van der Waals surface area contributed by atoms with Gasteiger partial charge in [-0.15, -0.1) is 11.3 Å². The maximum Gasteiger partial charge on any atom is 0.342 e. The third kappa shape index (κ3) is 6.06. The average molecular weight is 407 g/mol. The number of nitrogens with one attached hydrogen (secondary N) is 2. The SMILES string of the molecule is COc1ccc([N+](=O)[O-])cc1C(=O)OCC(=O)NC(=O)NCCc1cccs1. The number of imide groups is 1. The fourth-order valence-corrected chi connectivity index (χ4v) is 2.85. The molecule has 2 aromatic rings. The zero-order chi connectivity index (χ0) is 20.5. The van der Waals surface area contributed by atoms with E-state index in [9.17, 15) is 24.5 Å². The average Bonchev–Trinajstić information content (AvgIpc) is 3.18. The normalized spacial score (nSPS) is 10.0. The van der Waals surface area contributed by atoms with Crippen LogP contribution in [0.1, 0.15) is 15.2 Å². The highest BCUT2D eigenvalue weighted by atomic mass is 32.1. The van der Waals surface area contributed by atoms with E-state index in [1.165, 1.54) is 19.2 Å². The van der Waals surface area contributed by atoms with E-state index in [4.69, 9.17) is 9.47 Å². The number of esters is 1. The van der Waals surface area contributed by atoms with Gasteiger partial charge in [-0.25, -0.2) is 9.59 Å². The number of rotatable bonds is 8. The molecule has 0 saturated heterocycles. The summed E-state index contributed by atoms with van der Waals surface area (Å²) in [4.78, 5) is 46.7. The minimum absolute atomic E-state index is 0.0577. The second kappa shape index (κ2) is 10.0. The van der Waals surface area contributed by atoms with Crippen molar-refractivity contribution < 1.29 is 28.8 Å². The number of carbonyl (C=O) groups excluding carboxylic acids is 3. The molecule has 1 aromatic heterocycles. The van der Waals surface area contributed by atoms with Gasteiger partial charge in [0.25, 0.3) is 11.6 Å². The minimum Gasteiger partial charge on any atom is -0.496 e. The van der Waals surface area contributed by atoms with Crippen molar-refractivity contribution in [1.29, 1.82) is 0 Å². The van der Waals surface area contributed by atoms with Crippen molar-refractivity contribution in [3.8, 4) is 5.75 Å². The van der Waals surface area contributed by atoms with Crippen molar-refractivity contribution in [2.75, 3.05) is 20.3 Å². The molecule has 0 spiro atoms. The van der Waals surface area contributed by atoms with Gasteiger partial charge in [-0.1, -0.05) is 6.07 Å². The molecule has 0 aliphatic carbocycles. The summed E-state index contributed by atoms with van der Waals surface area (Å²) in [7, 11) is 1.28. The summed E-state index contributed by atoms with van der Waals surface area (Å²) in [5, 5.41) is 17.3. The molecule has 1 heterocycles. The van der Waals surface area contributed by atoms with Crippen LogP contribution in [0, 0.1) is 10.1 Å². The summed E-state index contributed by atoms with van der Waals surface area (Å²) in [5.41, 5.74) is -0.535. The summed E-state index contributed by atoms with van der Waals surface area (Å²) in [6.45, 7) is -0.396. The predicted molar refractivity (Wildman–Crippen MR) is 99.5 cm³/mol. The number of carbonyl (C=O) groups is 3. The van der Waals surface area contributed by atoms with Crippen LogP contribution in [0.25, 0.3) is 0 Å². The third-order valence-electron chi connectivity index (χ3n) is 3.44. The van der Waals surface area contributed by atoms with Crippen LogP contribution in [0.2, 0.25) is 0 Å². The smallest absolute Gasteiger partial charge is 0.342 e. The molecule has 0 aliphatic heterocycles. The van der Waals surface area contributed by atoms with Crippen LogP contribution in [0.5, 0.6) is 5.75 Å². The number of hydrogen-bond acceptors (Lipinski definition) is 8. The van der Waals surface area contributed by atoms with Gasteiger partial charge >= 0.3 is 12.0 Å². The fourth-order valence-electron chi connectivity index (χ4n) is 2.14. The van der Waals surface area contributed by atoms with Gasteiger partial charge in [0.05, 0.1) is 12.0 Å². The second-order valence-electron chi connectivity index (χ2n) is 5.35. The van der Waals surface area contributed by atoms with E-state index in [2.05, 4.69) is 5.32 Å². The summed E-state index contributed by atoms with van der Waals surface area (Å²) in [6.07, 6.45) is 0.626. The number of urea groups is 1. The lowest BCUT2D eigenvalue weighted by Gasteiger charge is -2.09. The Hall–Kier alpha value is -3.47. The molecule has 28 heavy (non-hydrogen) atoms. The van der Waals surface area contributed by atoms with E-state index >= 15 is 0 Å². The monoisotopic (exact) mass is 407 g/mol. The van der Waals surface area contributed by atoms with Crippen LogP contribution >= 0.6 is 11.3 Å². The number of methoxy groups -OCH3 is 1. The number of hydrogen-bond donors (Lipinski definition) is 2. The van der Waals surface area contributed by atoms with Crippen LogP contribution in [0.4, 0.5) is 10.5 Å². The summed E-state index contributed by atoms with van der Waals surface area (Å²) >= 11 is 1.55. The highest BCUT2D eigenvalue weighted by molar-refractivity contribution is 7.09. The lowest BCUT2D eigenvalue weighted by Crippen LogP contribution is -2.42. The molecule has 0 fully saturated rings. The number of thiophene rings is 1. The van der Waals surface area contributed by atoms with Crippen molar-refractivity contribution in [3.05, 3.63) is 56.3 Å². The number of nitrogens with zero attached hydrogens (tertiary/aromatic N) is 1. The third-order valence-corrected chi connectivity index (χ3v) is 4.37. The van der Waals surface area contributed by atoms with Crippen LogP contribution in [0.15, 0.2) is 35.7 Å². The zero-order valence-corrected chi connectivity index (χ0v) is 15.6. The van der Waals surface area contributed by atoms with E-state index in [0.29, 0.717) is 13.0 Å². The van der Waals surface area contributed by atoms with Gasteiger partial charge in [-0.2, -0.15) is 0 Å². The maximum absolute atomic E-state index is 12.1. The van der Waals surface area contributed by atoms with Crippen LogP contribution in [-0.2, 0) is 16.0 Å².